The number of phosphoric acid groups is 2. The van der Waals surface area contributed by atoms with E-state index < -0.39 is 97.5 Å². The summed E-state index contributed by atoms with van der Waals surface area (Å²) >= 11 is 0. The fourth-order valence-corrected chi connectivity index (χ4v) is 13.7. The third-order valence-electron chi connectivity index (χ3n) is 18.8. The van der Waals surface area contributed by atoms with Crippen LogP contribution in [0.25, 0.3) is 0 Å². The average Bonchev–Trinajstić information content (AvgIpc) is 1.01. The highest BCUT2D eigenvalue weighted by Crippen LogP contribution is 2.45. The maximum absolute atomic E-state index is 13.1. The summed E-state index contributed by atoms with van der Waals surface area (Å²) in [5.41, 5.74) is 0. The van der Waals surface area contributed by atoms with Gasteiger partial charge >= 0.3 is 39.5 Å². The molecule has 0 amide bonds. The van der Waals surface area contributed by atoms with Crippen LogP contribution in [0.4, 0.5) is 0 Å². The van der Waals surface area contributed by atoms with Gasteiger partial charge in [-0.25, -0.2) is 9.13 Å². The Morgan fingerprint density at radius 2 is 0.520 bits per heavy atom. The molecule has 0 aliphatic heterocycles. The van der Waals surface area contributed by atoms with Gasteiger partial charge in [-0.05, 0) is 37.5 Å². The minimum atomic E-state index is -4.96. The Labute approximate surface area is 600 Å². The van der Waals surface area contributed by atoms with Crippen molar-refractivity contribution < 1.29 is 80.2 Å². The van der Waals surface area contributed by atoms with E-state index >= 15 is 0 Å². The third kappa shape index (κ3) is 71.1. The zero-order chi connectivity index (χ0) is 72.1. The second-order valence-electron chi connectivity index (χ2n) is 29.2. The van der Waals surface area contributed by atoms with Crippen molar-refractivity contribution in [2.24, 2.45) is 11.8 Å². The van der Waals surface area contributed by atoms with Crippen molar-refractivity contribution in [2.75, 3.05) is 39.6 Å². The Balaban J connectivity index is 5.23. The number of hydrogen-bond acceptors (Lipinski definition) is 15. The topological polar surface area (TPSA) is 237 Å². The molecule has 0 saturated carbocycles. The number of esters is 4. The van der Waals surface area contributed by atoms with E-state index in [1.54, 1.807) is 0 Å². The Kier molecular flexibility index (Phi) is 69.3. The number of carbonyl (C=O) groups excluding carboxylic acids is 4. The number of ether oxygens (including phenoxy) is 4. The van der Waals surface area contributed by atoms with Crippen LogP contribution < -0.4 is 0 Å². The zero-order valence-corrected chi connectivity index (χ0v) is 65.9. The number of carbonyl (C=O) groups is 4. The van der Waals surface area contributed by atoms with Crippen LogP contribution in [0.15, 0.2) is 0 Å². The monoisotopic (exact) mass is 1440 g/mol. The van der Waals surface area contributed by atoms with Crippen molar-refractivity contribution in [2.45, 2.75) is 432 Å². The molecular formula is C79H154O17P2. The molecule has 17 nitrogen and oxygen atoms in total. The number of aliphatic hydroxyl groups is 1. The van der Waals surface area contributed by atoms with Crippen molar-refractivity contribution in [3.05, 3.63) is 0 Å². The Hall–Kier alpha value is -1.94. The summed E-state index contributed by atoms with van der Waals surface area (Å²) < 4.78 is 68.6. The van der Waals surface area contributed by atoms with Gasteiger partial charge in [-0.3, -0.25) is 37.3 Å². The Bertz CT molecular complexity index is 1890. The summed E-state index contributed by atoms with van der Waals surface area (Å²) in [5.74, 6) is -0.581. The van der Waals surface area contributed by atoms with Crippen molar-refractivity contribution in [1.82, 2.24) is 0 Å². The standard InChI is InChI=1S/C79H154O17P2/c1-7-10-12-14-16-18-20-22-23-24-25-26-27-32-36-40-44-52-58-64-79(84)95-74(67-89-76(81)61-55-49-42-38-35-31-29-28-30-33-37-41-47-53-59-71(4)5)69-93-97(85,86)91-65-73(80)66-92-98(87,88)94-70-75(68-90-77(82)62-56-50-46-45-48-54-60-72(6)9-3)96-78(83)63-57-51-43-39-34-21-19-17-15-13-11-8-2/h71-75,80H,7-70H2,1-6H3,(H,85,86)(H,87,88)/t72?,73-,74-,75-/m1/s1. The molecule has 0 aromatic carbocycles. The molecule has 0 bridgehead atoms. The van der Waals surface area contributed by atoms with Crippen LogP contribution in [0.2, 0.25) is 0 Å². The van der Waals surface area contributed by atoms with E-state index in [1.807, 2.05) is 0 Å². The first-order valence-electron chi connectivity index (χ1n) is 41.0. The zero-order valence-electron chi connectivity index (χ0n) is 64.1. The van der Waals surface area contributed by atoms with Crippen LogP contribution in [-0.2, 0) is 65.4 Å². The summed E-state index contributed by atoms with van der Waals surface area (Å²) in [5, 5.41) is 10.6. The SMILES string of the molecule is CCCCCCCCCCCCCCCCCCCCCC(=O)O[C@H](COC(=O)CCCCCCCCCCCCCCCCC(C)C)COP(=O)(O)OC[C@@H](O)COP(=O)(O)OC[C@@H](COC(=O)CCCCCCCCC(C)CC)OC(=O)CCCCCCCCCCCCCC. The van der Waals surface area contributed by atoms with E-state index in [2.05, 4.69) is 41.5 Å². The normalized spacial score (nSPS) is 14.2. The number of phosphoric ester groups is 2. The first-order chi connectivity index (χ1) is 47.4. The molecule has 0 fully saturated rings. The van der Waals surface area contributed by atoms with Gasteiger partial charge in [0, 0.05) is 25.7 Å². The average molecular weight is 1440 g/mol. The van der Waals surface area contributed by atoms with E-state index in [4.69, 9.17) is 37.0 Å². The number of aliphatic hydroxyl groups excluding tert-OH is 1. The molecule has 3 N–H and O–H groups in total. The van der Waals surface area contributed by atoms with Crippen LogP contribution in [0.1, 0.15) is 414 Å². The van der Waals surface area contributed by atoms with Gasteiger partial charge in [0.05, 0.1) is 26.4 Å². The van der Waals surface area contributed by atoms with E-state index in [0.717, 1.165) is 108 Å². The molecule has 0 radical (unpaired) electrons. The van der Waals surface area contributed by atoms with Crippen molar-refractivity contribution in [3.63, 3.8) is 0 Å². The summed E-state index contributed by atoms with van der Waals surface area (Å²) in [4.78, 5) is 72.9. The molecule has 0 aliphatic rings. The van der Waals surface area contributed by atoms with E-state index in [9.17, 15) is 43.2 Å². The molecular weight excluding hydrogens is 1280 g/mol. The lowest BCUT2D eigenvalue weighted by molar-refractivity contribution is -0.161. The molecule has 0 aliphatic carbocycles. The number of hydrogen-bond donors (Lipinski definition) is 3. The third-order valence-corrected chi connectivity index (χ3v) is 20.7. The smallest absolute Gasteiger partial charge is 0.462 e. The molecule has 0 aromatic rings. The molecule has 19 heteroatoms. The molecule has 0 aromatic heterocycles. The van der Waals surface area contributed by atoms with Crippen LogP contribution in [-0.4, -0.2) is 96.7 Å². The second-order valence-corrected chi connectivity index (χ2v) is 32.1. The quantitative estimate of drug-likeness (QED) is 0.0222. The van der Waals surface area contributed by atoms with Crippen molar-refractivity contribution >= 4 is 39.5 Å². The summed E-state index contributed by atoms with van der Waals surface area (Å²) in [6.07, 6.45) is 59.7. The first-order valence-corrected chi connectivity index (χ1v) is 44.0. The van der Waals surface area contributed by atoms with E-state index in [0.29, 0.717) is 25.7 Å². The van der Waals surface area contributed by atoms with Gasteiger partial charge in [-0.1, -0.05) is 363 Å². The molecule has 98 heavy (non-hydrogen) atoms. The van der Waals surface area contributed by atoms with Gasteiger partial charge in [0.15, 0.2) is 12.2 Å². The number of rotatable bonds is 78. The van der Waals surface area contributed by atoms with Gasteiger partial charge in [0.2, 0.25) is 0 Å². The molecule has 0 rings (SSSR count). The van der Waals surface area contributed by atoms with Gasteiger partial charge in [0.1, 0.15) is 19.3 Å². The fourth-order valence-electron chi connectivity index (χ4n) is 12.2. The lowest BCUT2D eigenvalue weighted by atomic mass is 10.00. The summed E-state index contributed by atoms with van der Waals surface area (Å²) in [6, 6.07) is 0. The lowest BCUT2D eigenvalue weighted by Gasteiger charge is -2.21. The van der Waals surface area contributed by atoms with Gasteiger partial charge < -0.3 is 33.8 Å². The molecule has 0 spiro atoms. The van der Waals surface area contributed by atoms with E-state index in [-0.39, 0.29) is 25.7 Å². The molecule has 582 valence electrons. The molecule has 0 heterocycles. The highest BCUT2D eigenvalue weighted by Gasteiger charge is 2.30. The van der Waals surface area contributed by atoms with Crippen molar-refractivity contribution in [3.8, 4) is 0 Å². The van der Waals surface area contributed by atoms with Crippen LogP contribution in [0.3, 0.4) is 0 Å². The predicted molar refractivity (Wildman–Crippen MR) is 400 cm³/mol. The van der Waals surface area contributed by atoms with E-state index in [1.165, 1.54) is 225 Å². The Morgan fingerprint density at radius 3 is 0.776 bits per heavy atom. The van der Waals surface area contributed by atoms with Gasteiger partial charge in [0.25, 0.3) is 0 Å². The minimum absolute atomic E-state index is 0.107. The Morgan fingerprint density at radius 1 is 0.296 bits per heavy atom. The maximum Gasteiger partial charge on any atom is 0.472 e. The highest BCUT2D eigenvalue weighted by atomic mass is 31.2. The second kappa shape index (κ2) is 70.7. The number of unbranched alkanes of at least 4 members (excludes halogenated alkanes) is 47. The van der Waals surface area contributed by atoms with Crippen LogP contribution in [0.5, 0.6) is 0 Å². The van der Waals surface area contributed by atoms with Gasteiger partial charge in [-0.2, -0.15) is 0 Å². The minimum Gasteiger partial charge on any atom is -0.462 e. The largest absolute Gasteiger partial charge is 0.472 e. The van der Waals surface area contributed by atoms with Crippen molar-refractivity contribution in [1.29, 1.82) is 0 Å². The molecule has 0 saturated heterocycles. The first kappa shape index (κ1) is 96.1. The van der Waals surface area contributed by atoms with Crippen LogP contribution >= 0.6 is 15.6 Å². The lowest BCUT2D eigenvalue weighted by Crippen LogP contribution is -2.30. The highest BCUT2D eigenvalue weighted by molar-refractivity contribution is 7.47. The van der Waals surface area contributed by atoms with Crippen LogP contribution in [0, 0.1) is 11.8 Å². The van der Waals surface area contributed by atoms with Gasteiger partial charge in [-0.15, -0.1) is 0 Å². The molecule has 3 unspecified atom stereocenters. The fraction of sp³-hybridized carbons (Fsp3) is 0.949. The predicted octanol–water partition coefficient (Wildman–Crippen LogP) is 23.5. The maximum atomic E-state index is 13.1. The summed E-state index contributed by atoms with van der Waals surface area (Å²) in [6.45, 7) is 9.60. The molecule has 6 atom stereocenters. The summed E-state index contributed by atoms with van der Waals surface area (Å²) in [7, 11) is -9.92.